The maximum Gasteiger partial charge on any atom is 0.304 e. The molecule has 5 nitrogen and oxygen atoms in total. The number of aliphatic carboxylic acids is 1. The van der Waals surface area contributed by atoms with Gasteiger partial charge < -0.3 is 15.5 Å². The van der Waals surface area contributed by atoms with E-state index in [0.717, 1.165) is 5.56 Å². The smallest absolute Gasteiger partial charge is 0.304 e. The van der Waals surface area contributed by atoms with Crippen molar-refractivity contribution in [2.24, 2.45) is 11.8 Å². The highest BCUT2D eigenvalue weighted by Crippen LogP contribution is 2.22. The summed E-state index contributed by atoms with van der Waals surface area (Å²) in [6, 6.07) is 4.75. The van der Waals surface area contributed by atoms with Crippen molar-refractivity contribution in [2.75, 3.05) is 5.32 Å². The Labute approximate surface area is 118 Å². The molecule has 0 aliphatic carbocycles. The van der Waals surface area contributed by atoms with Crippen LogP contribution in [-0.2, 0) is 9.59 Å². The predicted octanol–water partition coefficient (Wildman–Crippen LogP) is 2.78. The van der Waals surface area contributed by atoms with E-state index in [1.165, 1.54) is 6.07 Å². The number of amides is 1. The Balaban J connectivity index is 2.81. The Morgan fingerprint density at radius 2 is 1.90 bits per heavy atom. The van der Waals surface area contributed by atoms with Crippen LogP contribution in [-0.4, -0.2) is 22.1 Å². The van der Waals surface area contributed by atoms with Crippen LogP contribution in [0.3, 0.4) is 0 Å². The van der Waals surface area contributed by atoms with Gasteiger partial charge in [0, 0.05) is 17.7 Å². The Kier molecular flexibility index (Phi) is 5.55. The van der Waals surface area contributed by atoms with E-state index in [1.54, 1.807) is 19.1 Å². The molecule has 0 aromatic heterocycles. The molecule has 20 heavy (non-hydrogen) atoms. The number of aryl methyl sites for hydroxylation is 1. The van der Waals surface area contributed by atoms with E-state index in [2.05, 4.69) is 5.32 Å². The fraction of sp³-hybridized carbons (Fsp3) is 0.467. The van der Waals surface area contributed by atoms with Crippen molar-refractivity contribution in [2.45, 2.75) is 33.6 Å². The van der Waals surface area contributed by atoms with E-state index in [1.807, 2.05) is 13.8 Å². The van der Waals surface area contributed by atoms with Crippen LogP contribution in [0.1, 0.15) is 32.3 Å². The Morgan fingerprint density at radius 1 is 1.25 bits per heavy atom. The highest BCUT2D eigenvalue weighted by molar-refractivity contribution is 5.94. The molecule has 0 fully saturated rings. The number of phenolic OH excluding ortho intramolecular Hbond substituents is 1. The van der Waals surface area contributed by atoms with Crippen LogP contribution in [0.2, 0.25) is 0 Å². The number of hydrogen-bond donors (Lipinski definition) is 3. The van der Waals surface area contributed by atoms with Crippen molar-refractivity contribution in [3.05, 3.63) is 23.8 Å². The molecule has 0 radical (unpaired) electrons. The third kappa shape index (κ3) is 5.30. The first-order chi connectivity index (χ1) is 9.27. The summed E-state index contributed by atoms with van der Waals surface area (Å²) in [6.07, 6.45) is 0.317. The van der Waals surface area contributed by atoms with Crippen LogP contribution in [0.4, 0.5) is 5.69 Å². The number of hydrogen-bond acceptors (Lipinski definition) is 3. The summed E-state index contributed by atoms with van der Waals surface area (Å²) in [6.45, 7) is 5.69. The minimum absolute atomic E-state index is 0.0685. The number of carboxylic acid groups (broad SMARTS) is 1. The fourth-order valence-corrected chi connectivity index (χ4v) is 2.14. The lowest BCUT2D eigenvalue weighted by atomic mass is 9.93. The van der Waals surface area contributed by atoms with Gasteiger partial charge in [0.2, 0.25) is 5.91 Å². The van der Waals surface area contributed by atoms with E-state index < -0.39 is 11.9 Å². The van der Waals surface area contributed by atoms with E-state index in [4.69, 9.17) is 5.11 Å². The van der Waals surface area contributed by atoms with Crippen LogP contribution in [0.25, 0.3) is 0 Å². The molecule has 1 amide bonds. The molecule has 0 saturated carbocycles. The van der Waals surface area contributed by atoms with E-state index in [-0.39, 0.29) is 24.0 Å². The first kappa shape index (κ1) is 16.0. The van der Waals surface area contributed by atoms with E-state index in [9.17, 15) is 14.7 Å². The van der Waals surface area contributed by atoms with Gasteiger partial charge in [-0.05, 0) is 37.0 Å². The lowest BCUT2D eigenvalue weighted by Crippen LogP contribution is -2.26. The van der Waals surface area contributed by atoms with Crippen LogP contribution in [0.15, 0.2) is 18.2 Å². The van der Waals surface area contributed by atoms with Gasteiger partial charge in [0.25, 0.3) is 0 Å². The van der Waals surface area contributed by atoms with Crippen LogP contribution in [0.5, 0.6) is 5.75 Å². The molecule has 0 bridgehead atoms. The monoisotopic (exact) mass is 279 g/mol. The van der Waals surface area contributed by atoms with Gasteiger partial charge in [-0.2, -0.15) is 0 Å². The second kappa shape index (κ2) is 6.93. The maximum atomic E-state index is 12.2. The molecule has 0 aliphatic rings. The van der Waals surface area contributed by atoms with Crippen molar-refractivity contribution >= 4 is 17.6 Å². The standard InChI is InChI=1S/C15H21NO4/c1-9(2)4-11(7-14(18)19)15(20)16-12-5-10(3)6-13(17)8-12/h5-6,8-9,11,17H,4,7H2,1-3H3,(H,16,20)(H,18,19). The lowest BCUT2D eigenvalue weighted by molar-refractivity contribution is -0.140. The van der Waals surface area contributed by atoms with Crippen molar-refractivity contribution < 1.29 is 19.8 Å². The number of benzene rings is 1. The molecule has 3 N–H and O–H groups in total. The van der Waals surface area contributed by atoms with Gasteiger partial charge in [-0.15, -0.1) is 0 Å². The Morgan fingerprint density at radius 3 is 2.40 bits per heavy atom. The van der Waals surface area contributed by atoms with Crippen LogP contribution in [0, 0.1) is 18.8 Å². The molecule has 5 heteroatoms. The quantitative estimate of drug-likeness (QED) is 0.747. The summed E-state index contributed by atoms with van der Waals surface area (Å²) < 4.78 is 0. The highest BCUT2D eigenvalue weighted by Gasteiger charge is 2.23. The number of carboxylic acids is 1. The Hall–Kier alpha value is -2.04. The zero-order chi connectivity index (χ0) is 15.3. The fourth-order valence-electron chi connectivity index (χ4n) is 2.14. The second-order valence-corrected chi connectivity index (χ2v) is 5.47. The van der Waals surface area contributed by atoms with Gasteiger partial charge in [0.1, 0.15) is 5.75 Å². The molecule has 0 aliphatic heterocycles. The third-order valence-corrected chi connectivity index (χ3v) is 2.88. The number of aromatic hydroxyl groups is 1. The summed E-state index contributed by atoms with van der Waals surface area (Å²) >= 11 is 0. The number of rotatable bonds is 6. The van der Waals surface area contributed by atoms with Crippen molar-refractivity contribution in [3.8, 4) is 5.75 Å². The largest absolute Gasteiger partial charge is 0.508 e. The average Bonchev–Trinajstić information content (AvgIpc) is 2.24. The molecule has 0 spiro atoms. The Bertz CT molecular complexity index is 476. The molecule has 1 aromatic carbocycles. The zero-order valence-corrected chi connectivity index (χ0v) is 12.0. The number of anilines is 1. The molecule has 1 aromatic rings. The van der Waals surface area contributed by atoms with Gasteiger partial charge >= 0.3 is 5.97 Å². The first-order valence-electron chi connectivity index (χ1n) is 6.61. The summed E-state index contributed by atoms with van der Waals surface area (Å²) in [5.41, 5.74) is 1.30. The zero-order valence-electron chi connectivity index (χ0n) is 12.0. The van der Waals surface area contributed by atoms with Crippen molar-refractivity contribution in [3.63, 3.8) is 0 Å². The molecular weight excluding hydrogens is 258 g/mol. The number of carbonyl (C=O) groups is 2. The summed E-state index contributed by atoms with van der Waals surface area (Å²) in [4.78, 5) is 23.0. The molecular formula is C15H21NO4. The molecule has 1 rings (SSSR count). The topological polar surface area (TPSA) is 86.6 Å². The summed E-state index contributed by atoms with van der Waals surface area (Å²) in [5.74, 6) is -1.59. The normalized spacial score (nSPS) is 12.2. The maximum absolute atomic E-state index is 12.2. The highest BCUT2D eigenvalue weighted by atomic mass is 16.4. The lowest BCUT2D eigenvalue weighted by Gasteiger charge is -2.17. The molecule has 1 unspecified atom stereocenters. The van der Waals surface area contributed by atoms with Gasteiger partial charge in [-0.3, -0.25) is 9.59 Å². The van der Waals surface area contributed by atoms with Gasteiger partial charge in [-0.25, -0.2) is 0 Å². The van der Waals surface area contributed by atoms with Crippen molar-refractivity contribution in [1.29, 1.82) is 0 Å². The molecule has 0 heterocycles. The van der Waals surface area contributed by atoms with Crippen LogP contribution < -0.4 is 5.32 Å². The van der Waals surface area contributed by atoms with E-state index in [0.29, 0.717) is 12.1 Å². The number of nitrogens with one attached hydrogen (secondary N) is 1. The van der Waals surface area contributed by atoms with Gasteiger partial charge in [0.15, 0.2) is 0 Å². The second-order valence-electron chi connectivity index (χ2n) is 5.47. The predicted molar refractivity (Wildman–Crippen MR) is 76.7 cm³/mol. The van der Waals surface area contributed by atoms with Gasteiger partial charge in [0.05, 0.1) is 6.42 Å². The number of carbonyl (C=O) groups excluding carboxylic acids is 1. The van der Waals surface area contributed by atoms with Gasteiger partial charge in [-0.1, -0.05) is 13.8 Å². The average molecular weight is 279 g/mol. The molecule has 1 atom stereocenters. The van der Waals surface area contributed by atoms with Crippen molar-refractivity contribution in [1.82, 2.24) is 0 Å². The first-order valence-corrected chi connectivity index (χ1v) is 6.61. The minimum atomic E-state index is -0.988. The number of phenols is 1. The third-order valence-electron chi connectivity index (χ3n) is 2.88. The SMILES string of the molecule is Cc1cc(O)cc(NC(=O)C(CC(=O)O)CC(C)C)c1. The van der Waals surface area contributed by atoms with E-state index >= 15 is 0 Å². The van der Waals surface area contributed by atoms with Crippen LogP contribution >= 0.6 is 0 Å². The minimum Gasteiger partial charge on any atom is -0.508 e. The molecule has 0 saturated heterocycles. The summed E-state index contributed by atoms with van der Waals surface area (Å²) in [5, 5.41) is 21.0. The summed E-state index contributed by atoms with van der Waals surface area (Å²) in [7, 11) is 0. The molecule has 110 valence electrons.